The molecule has 0 saturated carbocycles. The minimum atomic E-state index is -0.0931. The lowest BCUT2D eigenvalue weighted by atomic mass is 9.72. The number of rotatable bonds is 2. The third-order valence-corrected chi connectivity index (χ3v) is 6.18. The molecule has 2 N–H and O–H groups in total. The Labute approximate surface area is 161 Å². The van der Waals surface area contributed by atoms with E-state index in [1.54, 1.807) is 12.1 Å². The first-order chi connectivity index (χ1) is 13.1. The first kappa shape index (κ1) is 16.7. The van der Waals surface area contributed by atoms with Gasteiger partial charge in [0.05, 0.1) is 5.92 Å². The smallest absolute Gasteiger partial charge is 0.230 e. The molecule has 3 heterocycles. The summed E-state index contributed by atoms with van der Waals surface area (Å²) in [5.74, 6) is 0.684. The van der Waals surface area contributed by atoms with Crippen LogP contribution in [0.5, 0.6) is 0 Å². The zero-order valence-corrected chi connectivity index (χ0v) is 15.7. The Kier molecular flexibility index (Phi) is 3.91. The number of carbonyl (C=O) groups is 1. The lowest BCUT2D eigenvalue weighted by Gasteiger charge is -2.45. The molecule has 2 aliphatic rings. The van der Waals surface area contributed by atoms with Crippen molar-refractivity contribution >= 4 is 34.2 Å². The Morgan fingerprint density at radius 3 is 3.00 bits per heavy atom. The van der Waals surface area contributed by atoms with E-state index in [9.17, 15) is 4.79 Å². The summed E-state index contributed by atoms with van der Waals surface area (Å²) < 4.78 is 0. The zero-order valence-electron chi connectivity index (χ0n) is 14.9. The van der Waals surface area contributed by atoms with Crippen LogP contribution in [-0.2, 0) is 11.2 Å². The number of anilines is 1. The Morgan fingerprint density at radius 2 is 2.19 bits per heavy atom. The molecule has 1 unspecified atom stereocenters. The van der Waals surface area contributed by atoms with Crippen molar-refractivity contribution in [1.82, 2.24) is 20.1 Å². The molecule has 3 aromatic rings. The third kappa shape index (κ3) is 2.80. The number of nitrogens with one attached hydrogen (secondary N) is 2. The molecule has 1 aliphatic carbocycles. The highest BCUT2D eigenvalue weighted by atomic mass is 35.5. The summed E-state index contributed by atoms with van der Waals surface area (Å²) in [6, 6.07) is 10.2. The molecular formula is C20H20ClN5O. The van der Waals surface area contributed by atoms with Crippen molar-refractivity contribution < 1.29 is 4.79 Å². The number of piperidine rings is 1. The van der Waals surface area contributed by atoms with Crippen molar-refractivity contribution in [2.75, 3.05) is 18.9 Å². The first-order valence-electron chi connectivity index (χ1n) is 9.19. The summed E-state index contributed by atoms with van der Waals surface area (Å²) in [6.07, 6.45) is 4.00. The predicted octanol–water partition coefficient (Wildman–Crippen LogP) is 3.21. The molecular weight excluding hydrogens is 362 g/mol. The molecule has 5 rings (SSSR count). The second kappa shape index (κ2) is 6.32. The number of H-pyrrole nitrogens is 1. The van der Waals surface area contributed by atoms with Crippen molar-refractivity contribution in [3.8, 4) is 0 Å². The molecule has 1 saturated heterocycles. The lowest BCUT2D eigenvalue weighted by molar-refractivity contribution is -0.122. The van der Waals surface area contributed by atoms with Crippen LogP contribution in [0.4, 0.5) is 5.82 Å². The summed E-state index contributed by atoms with van der Waals surface area (Å²) in [7, 11) is 2.12. The van der Waals surface area contributed by atoms with Crippen molar-refractivity contribution in [2.45, 2.75) is 24.8 Å². The van der Waals surface area contributed by atoms with Gasteiger partial charge in [-0.3, -0.25) is 4.79 Å². The topological polar surface area (TPSA) is 73.9 Å². The second-order valence-electron chi connectivity index (χ2n) is 7.56. The Balaban J connectivity index is 1.42. The maximum atomic E-state index is 12.9. The first-order valence-corrected chi connectivity index (χ1v) is 9.57. The van der Waals surface area contributed by atoms with Gasteiger partial charge in [0.2, 0.25) is 5.91 Å². The fourth-order valence-corrected chi connectivity index (χ4v) is 4.84. The van der Waals surface area contributed by atoms with Crippen LogP contribution in [0.1, 0.15) is 23.5 Å². The van der Waals surface area contributed by atoms with E-state index in [1.807, 2.05) is 0 Å². The SMILES string of the molecule is CN1C[C@H](C(=O)Nc2ccc(Cl)nn2)CC2c3cccc4[nH]cc(c34)C[C@H]21. The van der Waals surface area contributed by atoms with Gasteiger partial charge in [-0.2, -0.15) is 0 Å². The number of likely N-dealkylation sites (tertiary alicyclic amines) is 1. The monoisotopic (exact) mass is 381 g/mol. The quantitative estimate of drug-likeness (QED) is 0.714. The third-order valence-electron chi connectivity index (χ3n) is 5.98. The summed E-state index contributed by atoms with van der Waals surface area (Å²) in [6.45, 7) is 0.740. The molecule has 1 aliphatic heterocycles. The van der Waals surface area contributed by atoms with Gasteiger partial charge in [0.1, 0.15) is 0 Å². The Hall–Kier alpha value is -2.44. The molecule has 0 radical (unpaired) electrons. The van der Waals surface area contributed by atoms with Gasteiger partial charge in [0.25, 0.3) is 0 Å². The number of aromatic nitrogens is 3. The van der Waals surface area contributed by atoms with Gasteiger partial charge < -0.3 is 15.2 Å². The van der Waals surface area contributed by atoms with Gasteiger partial charge in [0, 0.05) is 35.6 Å². The average molecular weight is 382 g/mol. The van der Waals surface area contributed by atoms with E-state index >= 15 is 0 Å². The number of hydrogen-bond acceptors (Lipinski definition) is 4. The molecule has 6 nitrogen and oxygen atoms in total. The number of likely N-dealkylation sites (N-methyl/N-ethyl adjacent to an activating group) is 1. The maximum Gasteiger partial charge on any atom is 0.230 e. The van der Waals surface area contributed by atoms with E-state index < -0.39 is 0 Å². The molecule has 138 valence electrons. The van der Waals surface area contributed by atoms with E-state index in [0.29, 0.717) is 22.9 Å². The fourth-order valence-electron chi connectivity index (χ4n) is 4.74. The predicted molar refractivity (Wildman–Crippen MR) is 105 cm³/mol. The molecule has 2 aromatic heterocycles. The molecule has 0 bridgehead atoms. The Bertz CT molecular complexity index is 1010. The van der Waals surface area contributed by atoms with Gasteiger partial charge in [-0.05, 0) is 49.2 Å². The van der Waals surface area contributed by atoms with Gasteiger partial charge >= 0.3 is 0 Å². The van der Waals surface area contributed by atoms with Gasteiger partial charge in [0.15, 0.2) is 11.0 Å². The van der Waals surface area contributed by atoms with Crippen molar-refractivity contribution in [2.24, 2.45) is 5.92 Å². The zero-order chi connectivity index (χ0) is 18.5. The minimum Gasteiger partial charge on any atom is -0.361 e. The van der Waals surface area contributed by atoms with Gasteiger partial charge in [-0.25, -0.2) is 0 Å². The standard InChI is InChI=1S/C20H20ClN5O/c1-26-10-12(20(27)23-18-6-5-17(21)24-25-18)7-14-13-3-2-4-15-19(13)11(9-22-15)8-16(14)26/h2-6,9,12,14,16,22H,7-8,10H2,1H3,(H,23,25,27)/t12-,14?,16-/m1/s1. The highest BCUT2D eigenvalue weighted by Gasteiger charge is 2.41. The van der Waals surface area contributed by atoms with E-state index in [1.165, 1.54) is 22.0 Å². The van der Waals surface area contributed by atoms with Crippen molar-refractivity contribution in [3.05, 3.63) is 52.8 Å². The fraction of sp³-hybridized carbons (Fsp3) is 0.350. The minimum absolute atomic E-state index is 0.0102. The van der Waals surface area contributed by atoms with Crippen LogP contribution in [0, 0.1) is 5.92 Å². The average Bonchev–Trinajstić information content (AvgIpc) is 3.09. The number of halogens is 1. The van der Waals surface area contributed by atoms with E-state index in [2.05, 4.69) is 56.8 Å². The maximum absolute atomic E-state index is 12.9. The molecule has 0 spiro atoms. The summed E-state index contributed by atoms with van der Waals surface area (Å²) in [5.41, 5.74) is 3.93. The summed E-state index contributed by atoms with van der Waals surface area (Å²) >= 11 is 5.77. The number of amides is 1. The van der Waals surface area contributed by atoms with Gasteiger partial charge in [-0.1, -0.05) is 23.7 Å². The highest BCUT2D eigenvalue weighted by molar-refractivity contribution is 6.29. The number of nitrogens with zero attached hydrogens (tertiary/aromatic N) is 3. The van der Waals surface area contributed by atoms with Crippen LogP contribution in [0.3, 0.4) is 0 Å². The normalized spacial score (nSPS) is 24.6. The largest absolute Gasteiger partial charge is 0.361 e. The number of hydrogen-bond donors (Lipinski definition) is 2. The summed E-state index contributed by atoms with van der Waals surface area (Å²) in [5, 5.41) is 12.3. The second-order valence-corrected chi connectivity index (χ2v) is 7.95. The molecule has 1 amide bonds. The van der Waals surface area contributed by atoms with E-state index in [4.69, 9.17) is 11.6 Å². The molecule has 1 aromatic carbocycles. The highest BCUT2D eigenvalue weighted by Crippen LogP contribution is 2.44. The van der Waals surface area contributed by atoms with Crippen LogP contribution < -0.4 is 5.32 Å². The van der Waals surface area contributed by atoms with E-state index in [-0.39, 0.29) is 11.8 Å². The Morgan fingerprint density at radius 1 is 1.30 bits per heavy atom. The number of fused-ring (bicyclic) bond motifs is 2. The van der Waals surface area contributed by atoms with Crippen molar-refractivity contribution in [1.29, 1.82) is 0 Å². The number of benzene rings is 1. The lowest BCUT2D eigenvalue weighted by Crippen LogP contribution is -2.50. The van der Waals surface area contributed by atoms with Crippen LogP contribution in [0.2, 0.25) is 5.15 Å². The van der Waals surface area contributed by atoms with Crippen LogP contribution in [0.15, 0.2) is 36.5 Å². The van der Waals surface area contributed by atoms with Gasteiger partial charge in [-0.15, -0.1) is 10.2 Å². The van der Waals surface area contributed by atoms with Crippen LogP contribution >= 0.6 is 11.6 Å². The summed E-state index contributed by atoms with van der Waals surface area (Å²) in [4.78, 5) is 18.6. The molecule has 27 heavy (non-hydrogen) atoms. The van der Waals surface area contributed by atoms with Crippen molar-refractivity contribution in [3.63, 3.8) is 0 Å². The van der Waals surface area contributed by atoms with E-state index in [0.717, 1.165) is 19.4 Å². The number of aromatic amines is 1. The van der Waals surface area contributed by atoms with Crippen LogP contribution in [0.25, 0.3) is 10.9 Å². The molecule has 7 heteroatoms. The van der Waals surface area contributed by atoms with Crippen LogP contribution in [-0.4, -0.2) is 45.6 Å². The molecule has 3 atom stereocenters. The number of carbonyl (C=O) groups excluding carboxylic acids is 1. The molecule has 1 fully saturated rings.